The van der Waals surface area contributed by atoms with E-state index < -0.39 is 0 Å². The van der Waals surface area contributed by atoms with E-state index in [1.165, 1.54) is 25.5 Å². The van der Waals surface area contributed by atoms with E-state index in [1.807, 2.05) is 13.8 Å². The van der Waals surface area contributed by atoms with Gasteiger partial charge in [0.1, 0.15) is 5.75 Å². The number of carbonyl (C=O) groups excluding carboxylic acids is 1. The van der Waals surface area contributed by atoms with Gasteiger partial charge in [0.05, 0.1) is 26.2 Å². The average molecular weight is 489 g/mol. The molecule has 1 aromatic carbocycles. The topological polar surface area (TPSA) is 72.0 Å². The summed E-state index contributed by atoms with van der Waals surface area (Å²) in [6, 6.07) is 6.23. The number of rotatable bonds is 9. The van der Waals surface area contributed by atoms with Crippen LogP contribution in [0.25, 0.3) is 0 Å². The molecule has 0 aliphatic heterocycles. The molecule has 2 N–H and O–H groups in total. The molecular formula is C20H32IN3O3. The Bertz CT molecular complexity index is 633. The van der Waals surface area contributed by atoms with Gasteiger partial charge in [-0.3, -0.25) is 4.79 Å². The Labute approximate surface area is 179 Å². The largest absolute Gasteiger partial charge is 0.493 e. The normalized spacial score (nSPS) is 14.7. The zero-order valence-electron chi connectivity index (χ0n) is 16.7. The Morgan fingerprint density at radius 2 is 2.07 bits per heavy atom. The molecule has 1 atom stereocenters. The predicted molar refractivity (Wildman–Crippen MR) is 119 cm³/mol. The number of hydrogen-bond acceptors (Lipinski definition) is 4. The summed E-state index contributed by atoms with van der Waals surface area (Å²) in [5.41, 5.74) is 2.25. The minimum Gasteiger partial charge on any atom is -0.493 e. The second-order valence-electron chi connectivity index (χ2n) is 6.87. The van der Waals surface area contributed by atoms with Crippen molar-refractivity contribution in [2.24, 2.45) is 16.8 Å². The van der Waals surface area contributed by atoms with Crippen molar-refractivity contribution in [2.75, 3.05) is 26.8 Å². The highest BCUT2D eigenvalue weighted by Gasteiger charge is 2.22. The Balaban J connectivity index is 0.00000364. The van der Waals surface area contributed by atoms with Crippen LogP contribution in [-0.2, 0) is 16.1 Å². The van der Waals surface area contributed by atoms with Gasteiger partial charge in [-0.1, -0.05) is 19.1 Å². The minimum atomic E-state index is -0.235. The Kier molecular flexibility index (Phi) is 10.5. The van der Waals surface area contributed by atoms with E-state index in [2.05, 4.69) is 40.7 Å². The molecule has 0 bridgehead atoms. The van der Waals surface area contributed by atoms with Crippen LogP contribution in [0.2, 0.25) is 0 Å². The van der Waals surface area contributed by atoms with Crippen molar-refractivity contribution >= 4 is 35.9 Å². The Morgan fingerprint density at radius 1 is 1.33 bits per heavy atom. The van der Waals surface area contributed by atoms with Crippen LogP contribution >= 0.6 is 24.0 Å². The smallest absolute Gasteiger partial charge is 0.310 e. The molecule has 0 saturated heterocycles. The van der Waals surface area contributed by atoms with Gasteiger partial charge in [0.25, 0.3) is 0 Å². The molecule has 0 radical (unpaired) electrons. The molecule has 1 aliphatic carbocycles. The highest BCUT2D eigenvalue weighted by Crippen LogP contribution is 2.30. The first-order valence-electron chi connectivity index (χ1n) is 9.35. The molecule has 1 unspecified atom stereocenters. The maximum Gasteiger partial charge on any atom is 0.310 e. The SMILES string of the molecule is CCNC(=NCc1ccc(C)cc1OCC1CC1)NCC(C)C(=O)OC.I. The fourth-order valence-electron chi connectivity index (χ4n) is 2.46. The van der Waals surface area contributed by atoms with E-state index in [0.717, 1.165) is 24.5 Å². The molecule has 7 heteroatoms. The number of nitrogens with zero attached hydrogens (tertiary/aromatic N) is 1. The fraction of sp³-hybridized carbons (Fsp3) is 0.600. The summed E-state index contributed by atoms with van der Waals surface area (Å²) in [6.07, 6.45) is 2.54. The Hall–Kier alpha value is -1.51. The van der Waals surface area contributed by atoms with E-state index >= 15 is 0 Å². The lowest BCUT2D eigenvalue weighted by Gasteiger charge is -2.15. The third-order valence-electron chi connectivity index (χ3n) is 4.33. The van der Waals surface area contributed by atoms with Crippen molar-refractivity contribution < 1.29 is 14.3 Å². The van der Waals surface area contributed by atoms with Gasteiger partial charge in [-0.25, -0.2) is 4.99 Å². The van der Waals surface area contributed by atoms with Gasteiger partial charge in [0.2, 0.25) is 0 Å². The molecule has 0 amide bonds. The van der Waals surface area contributed by atoms with Crippen LogP contribution in [0.4, 0.5) is 0 Å². The van der Waals surface area contributed by atoms with Crippen LogP contribution < -0.4 is 15.4 Å². The summed E-state index contributed by atoms with van der Waals surface area (Å²) in [4.78, 5) is 16.2. The Morgan fingerprint density at radius 3 is 2.70 bits per heavy atom. The van der Waals surface area contributed by atoms with Crippen LogP contribution in [-0.4, -0.2) is 38.7 Å². The zero-order chi connectivity index (χ0) is 18.9. The van der Waals surface area contributed by atoms with Crippen LogP contribution in [0.5, 0.6) is 5.75 Å². The maximum atomic E-state index is 11.5. The second kappa shape index (κ2) is 12.0. The first kappa shape index (κ1) is 23.5. The molecule has 0 spiro atoms. The number of carbonyl (C=O) groups is 1. The van der Waals surface area contributed by atoms with Gasteiger partial charge in [-0.2, -0.15) is 0 Å². The van der Waals surface area contributed by atoms with Crippen molar-refractivity contribution in [3.63, 3.8) is 0 Å². The number of halogens is 1. The summed E-state index contributed by atoms with van der Waals surface area (Å²) in [5, 5.41) is 6.40. The van der Waals surface area contributed by atoms with Crippen molar-refractivity contribution in [3.8, 4) is 5.75 Å². The number of methoxy groups -OCH3 is 1. The quantitative estimate of drug-likeness (QED) is 0.241. The van der Waals surface area contributed by atoms with Gasteiger partial charge >= 0.3 is 5.97 Å². The van der Waals surface area contributed by atoms with Crippen LogP contribution in [0.1, 0.15) is 37.8 Å². The molecule has 2 rings (SSSR count). The third kappa shape index (κ3) is 8.36. The molecule has 0 aromatic heterocycles. The molecule has 1 saturated carbocycles. The summed E-state index contributed by atoms with van der Waals surface area (Å²) >= 11 is 0. The summed E-state index contributed by atoms with van der Waals surface area (Å²) < 4.78 is 10.8. The van der Waals surface area contributed by atoms with E-state index in [0.29, 0.717) is 25.0 Å². The average Bonchev–Trinajstić information content (AvgIpc) is 3.46. The lowest BCUT2D eigenvalue weighted by molar-refractivity contribution is -0.144. The van der Waals surface area contributed by atoms with Gasteiger partial charge in [0.15, 0.2) is 5.96 Å². The predicted octanol–water partition coefficient (Wildman–Crippen LogP) is 3.27. The number of guanidine groups is 1. The van der Waals surface area contributed by atoms with E-state index in [-0.39, 0.29) is 35.9 Å². The molecule has 1 aliphatic rings. The maximum absolute atomic E-state index is 11.5. The molecule has 0 heterocycles. The van der Waals surface area contributed by atoms with Crippen LogP contribution in [0.15, 0.2) is 23.2 Å². The number of esters is 1. The number of aryl methyl sites for hydroxylation is 1. The molecule has 27 heavy (non-hydrogen) atoms. The van der Waals surface area contributed by atoms with E-state index in [9.17, 15) is 4.79 Å². The van der Waals surface area contributed by atoms with Crippen LogP contribution in [0, 0.1) is 18.8 Å². The highest BCUT2D eigenvalue weighted by atomic mass is 127. The number of benzene rings is 1. The molecule has 152 valence electrons. The first-order valence-corrected chi connectivity index (χ1v) is 9.35. The number of hydrogen-bond donors (Lipinski definition) is 2. The van der Waals surface area contributed by atoms with Gasteiger partial charge < -0.3 is 20.1 Å². The summed E-state index contributed by atoms with van der Waals surface area (Å²) in [7, 11) is 1.40. The number of nitrogens with one attached hydrogen (secondary N) is 2. The highest BCUT2D eigenvalue weighted by molar-refractivity contribution is 14.0. The van der Waals surface area contributed by atoms with Crippen molar-refractivity contribution in [2.45, 2.75) is 40.2 Å². The molecular weight excluding hydrogens is 457 g/mol. The van der Waals surface area contributed by atoms with Gasteiger partial charge in [-0.15, -0.1) is 24.0 Å². The number of ether oxygens (including phenoxy) is 2. The fourth-order valence-corrected chi connectivity index (χ4v) is 2.46. The third-order valence-corrected chi connectivity index (χ3v) is 4.33. The minimum absolute atomic E-state index is 0. The molecule has 6 nitrogen and oxygen atoms in total. The second-order valence-corrected chi connectivity index (χ2v) is 6.87. The standard InChI is InChI=1S/C20H31N3O3.HI/c1-5-21-20(22-11-15(3)19(24)25-4)23-12-17-9-6-14(2)10-18(17)26-13-16-7-8-16;/h6,9-10,15-16H,5,7-8,11-13H2,1-4H3,(H2,21,22,23);1H. The van der Waals surface area contributed by atoms with Crippen molar-refractivity contribution in [3.05, 3.63) is 29.3 Å². The lowest BCUT2D eigenvalue weighted by Crippen LogP contribution is -2.40. The lowest BCUT2D eigenvalue weighted by atomic mass is 10.1. The van der Waals surface area contributed by atoms with Crippen molar-refractivity contribution in [1.82, 2.24) is 10.6 Å². The molecule has 1 aromatic rings. The molecule has 1 fully saturated rings. The van der Waals surface area contributed by atoms with E-state index in [4.69, 9.17) is 9.47 Å². The van der Waals surface area contributed by atoms with Gasteiger partial charge in [-0.05, 0) is 44.2 Å². The van der Waals surface area contributed by atoms with Crippen molar-refractivity contribution in [1.29, 1.82) is 0 Å². The van der Waals surface area contributed by atoms with E-state index in [1.54, 1.807) is 0 Å². The van der Waals surface area contributed by atoms with Crippen LogP contribution in [0.3, 0.4) is 0 Å². The first-order chi connectivity index (χ1) is 12.5. The summed E-state index contributed by atoms with van der Waals surface area (Å²) in [6.45, 7) is 8.42. The van der Waals surface area contributed by atoms with Gasteiger partial charge in [0, 0.05) is 18.7 Å². The monoisotopic (exact) mass is 489 g/mol. The number of aliphatic imine (C=N–C) groups is 1. The summed E-state index contributed by atoms with van der Waals surface area (Å²) in [5.74, 6) is 1.84. The zero-order valence-corrected chi connectivity index (χ0v) is 19.0.